The van der Waals surface area contributed by atoms with Gasteiger partial charge >= 0.3 is 5.97 Å². The van der Waals surface area contributed by atoms with Gasteiger partial charge in [0.05, 0.1) is 5.52 Å². The van der Waals surface area contributed by atoms with Crippen molar-refractivity contribution >= 4 is 32.8 Å². The van der Waals surface area contributed by atoms with E-state index in [4.69, 9.17) is 9.63 Å². The molecule has 0 aliphatic heterocycles. The van der Waals surface area contributed by atoms with Gasteiger partial charge in [0.2, 0.25) is 0 Å². The second kappa shape index (κ2) is 3.95. The molecule has 0 aliphatic carbocycles. The van der Waals surface area contributed by atoms with Gasteiger partial charge < -0.3 is 9.63 Å². The summed E-state index contributed by atoms with van der Waals surface area (Å²) < 4.78 is 5.76. The number of hydrogen-bond acceptors (Lipinski definition) is 4. The van der Waals surface area contributed by atoms with Crippen molar-refractivity contribution in [2.24, 2.45) is 0 Å². The van der Waals surface area contributed by atoms with Gasteiger partial charge in [0.25, 0.3) is 0 Å². The summed E-state index contributed by atoms with van der Waals surface area (Å²) in [6.07, 6.45) is 0. The first-order chi connectivity index (χ1) is 8.66. The number of carboxylic acids is 1. The Hall–Kier alpha value is -2.15. The Kier molecular flexibility index (Phi) is 2.41. The van der Waals surface area contributed by atoms with Crippen molar-refractivity contribution in [3.05, 3.63) is 34.6 Å². The van der Waals surface area contributed by atoms with Crippen LogP contribution in [0.3, 0.4) is 0 Å². The number of H-pyrrole nitrogens is 1. The summed E-state index contributed by atoms with van der Waals surface area (Å²) in [5.41, 5.74) is 1.36. The molecule has 0 saturated carbocycles. The monoisotopic (exact) mass is 307 g/mol. The van der Waals surface area contributed by atoms with E-state index in [9.17, 15) is 4.79 Å². The molecular weight excluding hydrogens is 302 g/mol. The molecule has 0 radical (unpaired) electrons. The lowest BCUT2D eigenvalue weighted by molar-refractivity contribution is 0.0686. The highest BCUT2D eigenvalue weighted by Gasteiger charge is 2.16. The molecular formula is C11H6BrN3O3. The quantitative estimate of drug-likeness (QED) is 0.759. The summed E-state index contributed by atoms with van der Waals surface area (Å²) in [5.74, 6) is -0.733. The molecule has 0 bridgehead atoms. The Morgan fingerprint density at radius 2 is 2.28 bits per heavy atom. The molecule has 2 heterocycles. The van der Waals surface area contributed by atoms with Crippen molar-refractivity contribution in [1.82, 2.24) is 15.4 Å². The van der Waals surface area contributed by atoms with Gasteiger partial charge in [-0.3, -0.25) is 5.10 Å². The SMILES string of the molecule is O=C(O)c1cc(-c2cccc3n[nH]c(Br)c23)on1. The van der Waals surface area contributed by atoms with Crippen molar-refractivity contribution in [3.63, 3.8) is 0 Å². The summed E-state index contributed by atoms with van der Waals surface area (Å²) >= 11 is 3.35. The second-order valence-corrected chi connectivity index (χ2v) is 4.41. The lowest BCUT2D eigenvalue weighted by Crippen LogP contribution is -1.94. The van der Waals surface area contributed by atoms with Gasteiger partial charge in [-0.25, -0.2) is 4.79 Å². The average molecular weight is 308 g/mol. The van der Waals surface area contributed by atoms with Gasteiger partial charge in [-0.1, -0.05) is 17.3 Å². The Morgan fingerprint density at radius 1 is 1.44 bits per heavy atom. The molecule has 0 spiro atoms. The van der Waals surface area contributed by atoms with Crippen molar-refractivity contribution in [2.45, 2.75) is 0 Å². The van der Waals surface area contributed by atoms with Gasteiger partial charge in [-0.05, 0) is 22.0 Å². The van der Waals surface area contributed by atoms with Crippen LogP contribution >= 0.6 is 15.9 Å². The number of hydrogen-bond donors (Lipinski definition) is 2. The molecule has 0 amide bonds. The fourth-order valence-electron chi connectivity index (χ4n) is 1.74. The Morgan fingerprint density at radius 3 is 3.00 bits per heavy atom. The minimum atomic E-state index is -1.12. The lowest BCUT2D eigenvalue weighted by atomic mass is 10.1. The number of carbonyl (C=O) groups is 1. The van der Waals surface area contributed by atoms with E-state index in [-0.39, 0.29) is 5.69 Å². The van der Waals surface area contributed by atoms with Crippen LogP contribution in [0.25, 0.3) is 22.2 Å². The van der Waals surface area contributed by atoms with E-state index in [0.717, 1.165) is 16.5 Å². The maximum Gasteiger partial charge on any atom is 0.358 e. The van der Waals surface area contributed by atoms with Crippen LogP contribution in [0.15, 0.2) is 33.4 Å². The van der Waals surface area contributed by atoms with Crippen LogP contribution in [0.4, 0.5) is 0 Å². The number of aromatic amines is 1. The summed E-state index contributed by atoms with van der Waals surface area (Å²) in [6, 6.07) is 6.85. The number of halogens is 1. The Labute approximate surface area is 109 Å². The van der Waals surface area contributed by atoms with Crippen LogP contribution in [0.1, 0.15) is 10.5 Å². The third-order valence-corrected chi connectivity index (χ3v) is 3.11. The normalized spacial score (nSPS) is 10.9. The summed E-state index contributed by atoms with van der Waals surface area (Å²) in [5, 5.41) is 20.0. The maximum absolute atomic E-state index is 10.8. The molecule has 0 unspecified atom stereocenters. The van der Waals surface area contributed by atoms with Crippen molar-refractivity contribution in [2.75, 3.05) is 0 Å². The molecule has 90 valence electrons. The number of nitrogens with one attached hydrogen (secondary N) is 1. The third kappa shape index (κ3) is 1.60. The van der Waals surface area contributed by atoms with Crippen LogP contribution in [-0.2, 0) is 0 Å². The molecule has 3 rings (SSSR count). The highest BCUT2D eigenvalue weighted by Crippen LogP contribution is 2.32. The van der Waals surface area contributed by atoms with Crippen molar-refractivity contribution in [3.8, 4) is 11.3 Å². The highest BCUT2D eigenvalue weighted by molar-refractivity contribution is 9.10. The highest BCUT2D eigenvalue weighted by atomic mass is 79.9. The molecule has 1 aromatic carbocycles. The first-order valence-corrected chi connectivity index (χ1v) is 5.79. The largest absolute Gasteiger partial charge is 0.476 e. The molecule has 6 nitrogen and oxygen atoms in total. The minimum absolute atomic E-state index is 0.123. The zero-order chi connectivity index (χ0) is 12.7. The van der Waals surface area contributed by atoms with E-state index in [1.165, 1.54) is 6.07 Å². The van der Waals surface area contributed by atoms with E-state index in [2.05, 4.69) is 31.3 Å². The van der Waals surface area contributed by atoms with Crippen LogP contribution in [0, 0.1) is 0 Å². The van der Waals surface area contributed by atoms with Crippen LogP contribution in [-0.4, -0.2) is 26.4 Å². The summed E-state index contributed by atoms with van der Waals surface area (Å²) in [4.78, 5) is 10.8. The molecule has 0 aliphatic rings. The number of aromatic carboxylic acids is 1. The van der Waals surface area contributed by atoms with Gasteiger partial charge in [0, 0.05) is 17.0 Å². The second-order valence-electron chi connectivity index (χ2n) is 3.62. The lowest BCUT2D eigenvalue weighted by Gasteiger charge is -1.97. The molecule has 18 heavy (non-hydrogen) atoms. The third-order valence-electron chi connectivity index (χ3n) is 2.53. The Balaban J connectivity index is 2.24. The van der Waals surface area contributed by atoms with Gasteiger partial charge in [-0.2, -0.15) is 5.10 Å². The Bertz CT molecular complexity index is 747. The molecule has 0 atom stereocenters. The average Bonchev–Trinajstić information content (AvgIpc) is 2.96. The number of rotatable bonds is 2. The number of nitrogens with zero attached hydrogens (tertiary/aromatic N) is 2. The number of fused-ring (bicyclic) bond motifs is 1. The molecule has 0 saturated heterocycles. The van der Waals surface area contributed by atoms with E-state index >= 15 is 0 Å². The number of aromatic nitrogens is 3. The summed E-state index contributed by atoms with van der Waals surface area (Å²) in [6.45, 7) is 0. The van der Waals surface area contributed by atoms with E-state index in [0.29, 0.717) is 10.4 Å². The topological polar surface area (TPSA) is 92.0 Å². The molecule has 2 N–H and O–H groups in total. The summed E-state index contributed by atoms with van der Waals surface area (Å²) in [7, 11) is 0. The maximum atomic E-state index is 10.8. The smallest absolute Gasteiger partial charge is 0.358 e. The van der Waals surface area contributed by atoms with Gasteiger partial charge in [0.15, 0.2) is 11.5 Å². The zero-order valence-electron chi connectivity index (χ0n) is 8.85. The molecule has 2 aromatic heterocycles. The predicted octanol–water partition coefficient (Wildman–Crippen LogP) is 2.68. The first-order valence-electron chi connectivity index (χ1n) is 5.00. The van der Waals surface area contributed by atoms with Crippen LogP contribution in [0.2, 0.25) is 0 Å². The number of carboxylic acid groups (broad SMARTS) is 1. The van der Waals surface area contributed by atoms with E-state index < -0.39 is 5.97 Å². The van der Waals surface area contributed by atoms with Gasteiger partial charge in [0.1, 0.15) is 4.60 Å². The first kappa shape index (κ1) is 11.0. The fraction of sp³-hybridized carbons (Fsp3) is 0. The fourth-order valence-corrected chi connectivity index (χ4v) is 2.24. The predicted molar refractivity (Wildman–Crippen MR) is 66.2 cm³/mol. The minimum Gasteiger partial charge on any atom is -0.476 e. The van der Waals surface area contributed by atoms with Crippen LogP contribution in [0.5, 0.6) is 0 Å². The van der Waals surface area contributed by atoms with Crippen molar-refractivity contribution in [1.29, 1.82) is 0 Å². The molecule has 0 fully saturated rings. The van der Waals surface area contributed by atoms with Gasteiger partial charge in [-0.15, -0.1) is 0 Å². The van der Waals surface area contributed by atoms with Crippen molar-refractivity contribution < 1.29 is 14.4 Å². The zero-order valence-corrected chi connectivity index (χ0v) is 10.4. The number of benzene rings is 1. The van der Waals surface area contributed by atoms with E-state index in [1.807, 2.05) is 18.2 Å². The molecule has 3 aromatic rings. The van der Waals surface area contributed by atoms with E-state index in [1.54, 1.807) is 0 Å². The standard InChI is InChI=1S/C11H6BrN3O3/c12-10-9-5(2-1-3-6(9)13-14-10)8-4-7(11(16)17)15-18-8/h1-4H,(H,13,14)(H,16,17). The van der Waals surface area contributed by atoms with Crippen LogP contribution < -0.4 is 0 Å². The molecule has 7 heteroatoms.